The summed E-state index contributed by atoms with van der Waals surface area (Å²) in [7, 11) is 0. The predicted octanol–water partition coefficient (Wildman–Crippen LogP) is 4.99. The average molecular weight is 388 g/mol. The van der Waals surface area contributed by atoms with Crippen LogP contribution in [-0.2, 0) is 0 Å². The highest BCUT2D eigenvalue weighted by molar-refractivity contribution is 5.94. The lowest BCUT2D eigenvalue weighted by atomic mass is 9.92. The Hall–Kier alpha value is -3.34. The van der Waals surface area contributed by atoms with Crippen LogP contribution in [0, 0.1) is 0 Å². The van der Waals surface area contributed by atoms with E-state index in [1.165, 1.54) is 0 Å². The largest absolute Gasteiger partial charge is 0.474 e. The lowest BCUT2D eigenvalue weighted by Crippen LogP contribution is -2.39. The van der Waals surface area contributed by atoms with Crippen LogP contribution in [0.15, 0.2) is 79.0 Å². The minimum Gasteiger partial charge on any atom is -0.474 e. The Morgan fingerprint density at radius 3 is 2.21 bits per heavy atom. The number of carbonyl (C=O) groups is 1. The average Bonchev–Trinajstić information content (AvgIpc) is 2.77. The van der Waals surface area contributed by atoms with Crippen LogP contribution >= 0.6 is 0 Å². The van der Waals surface area contributed by atoms with Gasteiger partial charge in [0.05, 0.1) is 0 Å². The van der Waals surface area contributed by atoms with Crippen molar-refractivity contribution in [3.63, 3.8) is 0 Å². The van der Waals surface area contributed by atoms with E-state index in [4.69, 9.17) is 9.47 Å². The van der Waals surface area contributed by atoms with Gasteiger partial charge in [-0.2, -0.15) is 0 Å². The number of nitrogens with zero attached hydrogens (tertiary/aromatic N) is 1. The molecule has 4 rings (SSSR count). The molecular formula is C24H24N2O3. The molecule has 1 N–H and O–H groups in total. The van der Waals surface area contributed by atoms with Gasteiger partial charge in [-0.05, 0) is 68.1 Å². The molecule has 1 saturated carbocycles. The van der Waals surface area contributed by atoms with Crippen LogP contribution < -0.4 is 14.8 Å². The molecule has 1 amide bonds. The number of benzene rings is 2. The summed E-state index contributed by atoms with van der Waals surface area (Å²) in [5, 5.41) is 3.14. The molecule has 1 heterocycles. The highest BCUT2D eigenvalue weighted by Crippen LogP contribution is 2.24. The Labute approximate surface area is 170 Å². The van der Waals surface area contributed by atoms with Crippen LogP contribution in [0.2, 0.25) is 0 Å². The van der Waals surface area contributed by atoms with Gasteiger partial charge in [0.2, 0.25) is 5.88 Å². The van der Waals surface area contributed by atoms with E-state index >= 15 is 0 Å². The minimum absolute atomic E-state index is 0.0506. The number of carbonyl (C=O) groups excluding carboxylic acids is 1. The predicted molar refractivity (Wildman–Crippen MR) is 111 cm³/mol. The minimum atomic E-state index is -0.0506. The smallest absolute Gasteiger partial charge is 0.251 e. The number of ether oxygens (including phenoxy) is 2. The van der Waals surface area contributed by atoms with E-state index in [2.05, 4.69) is 10.3 Å². The highest BCUT2D eigenvalue weighted by atomic mass is 16.5. The number of amides is 1. The van der Waals surface area contributed by atoms with Gasteiger partial charge in [-0.1, -0.05) is 24.3 Å². The SMILES string of the molecule is O=C(NC1CCC(Oc2ccccn2)CC1)c1ccc(Oc2ccccc2)cc1. The van der Waals surface area contributed by atoms with Gasteiger partial charge in [-0.3, -0.25) is 4.79 Å². The molecular weight excluding hydrogens is 364 g/mol. The second-order valence-corrected chi connectivity index (χ2v) is 7.17. The molecule has 0 bridgehead atoms. The van der Waals surface area contributed by atoms with E-state index in [9.17, 15) is 4.79 Å². The van der Waals surface area contributed by atoms with Gasteiger partial charge in [0.25, 0.3) is 5.91 Å². The van der Waals surface area contributed by atoms with Crippen LogP contribution in [0.3, 0.4) is 0 Å². The van der Waals surface area contributed by atoms with Crippen molar-refractivity contribution < 1.29 is 14.3 Å². The molecule has 1 aliphatic carbocycles. The molecule has 0 spiro atoms. The highest BCUT2D eigenvalue weighted by Gasteiger charge is 2.24. The maximum atomic E-state index is 12.6. The summed E-state index contributed by atoms with van der Waals surface area (Å²) in [4.78, 5) is 16.8. The zero-order valence-electron chi connectivity index (χ0n) is 16.2. The number of nitrogens with one attached hydrogen (secondary N) is 1. The monoisotopic (exact) mass is 388 g/mol. The van der Waals surface area contributed by atoms with E-state index in [0.717, 1.165) is 31.4 Å². The van der Waals surface area contributed by atoms with Gasteiger partial charge in [0.1, 0.15) is 17.6 Å². The van der Waals surface area contributed by atoms with Crippen molar-refractivity contribution in [3.8, 4) is 17.4 Å². The van der Waals surface area contributed by atoms with Crippen molar-refractivity contribution in [2.75, 3.05) is 0 Å². The molecule has 5 heteroatoms. The zero-order valence-corrected chi connectivity index (χ0v) is 16.2. The third kappa shape index (κ3) is 5.35. The van der Waals surface area contributed by atoms with E-state index in [1.807, 2.05) is 60.7 Å². The second kappa shape index (κ2) is 9.24. The summed E-state index contributed by atoms with van der Waals surface area (Å²) in [6.07, 6.45) is 5.51. The zero-order chi connectivity index (χ0) is 19.9. The molecule has 3 aromatic rings. The van der Waals surface area contributed by atoms with Crippen LogP contribution in [0.4, 0.5) is 0 Å². The van der Waals surface area contributed by atoms with Gasteiger partial charge in [-0.25, -0.2) is 4.98 Å². The Morgan fingerprint density at radius 1 is 0.828 bits per heavy atom. The molecule has 5 nitrogen and oxygen atoms in total. The Balaban J connectivity index is 1.25. The van der Waals surface area contributed by atoms with Crippen molar-refractivity contribution in [1.82, 2.24) is 10.3 Å². The normalized spacial score (nSPS) is 18.6. The van der Waals surface area contributed by atoms with Crippen molar-refractivity contribution in [3.05, 3.63) is 84.6 Å². The number of pyridine rings is 1. The lowest BCUT2D eigenvalue weighted by molar-refractivity contribution is 0.0890. The molecule has 29 heavy (non-hydrogen) atoms. The molecule has 0 radical (unpaired) electrons. The number of para-hydroxylation sites is 1. The summed E-state index contributed by atoms with van der Waals surface area (Å²) < 4.78 is 11.7. The van der Waals surface area contributed by atoms with Gasteiger partial charge in [-0.15, -0.1) is 0 Å². The molecule has 1 fully saturated rings. The van der Waals surface area contributed by atoms with E-state index in [0.29, 0.717) is 17.2 Å². The van der Waals surface area contributed by atoms with Gasteiger partial charge >= 0.3 is 0 Å². The third-order valence-corrected chi connectivity index (χ3v) is 5.03. The number of hydrogen-bond acceptors (Lipinski definition) is 4. The topological polar surface area (TPSA) is 60.5 Å². The second-order valence-electron chi connectivity index (χ2n) is 7.17. The molecule has 0 saturated heterocycles. The first kappa shape index (κ1) is 19.0. The molecule has 1 aromatic heterocycles. The van der Waals surface area contributed by atoms with Gasteiger partial charge in [0.15, 0.2) is 0 Å². The summed E-state index contributed by atoms with van der Waals surface area (Å²) in [6.45, 7) is 0. The third-order valence-electron chi connectivity index (χ3n) is 5.03. The van der Waals surface area contributed by atoms with Gasteiger partial charge in [0, 0.05) is 23.9 Å². The maximum Gasteiger partial charge on any atom is 0.251 e. The van der Waals surface area contributed by atoms with Crippen molar-refractivity contribution in [2.45, 2.75) is 37.8 Å². The molecule has 1 aliphatic rings. The first-order valence-electron chi connectivity index (χ1n) is 9.98. The van der Waals surface area contributed by atoms with Crippen LogP contribution in [0.1, 0.15) is 36.0 Å². The number of rotatable bonds is 6. The van der Waals surface area contributed by atoms with Crippen LogP contribution in [0.25, 0.3) is 0 Å². The molecule has 0 unspecified atom stereocenters. The number of aromatic nitrogens is 1. The number of hydrogen-bond donors (Lipinski definition) is 1. The van der Waals surface area contributed by atoms with Gasteiger partial charge < -0.3 is 14.8 Å². The summed E-state index contributed by atoms with van der Waals surface area (Å²) >= 11 is 0. The molecule has 0 aliphatic heterocycles. The summed E-state index contributed by atoms with van der Waals surface area (Å²) in [6, 6.07) is 22.7. The Kier molecular flexibility index (Phi) is 6.05. The fourth-order valence-corrected chi connectivity index (χ4v) is 3.48. The maximum absolute atomic E-state index is 12.6. The Morgan fingerprint density at radius 2 is 1.52 bits per heavy atom. The summed E-state index contributed by atoms with van der Waals surface area (Å²) in [5.41, 5.74) is 0.636. The van der Waals surface area contributed by atoms with Crippen LogP contribution in [-0.4, -0.2) is 23.0 Å². The fourth-order valence-electron chi connectivity index (χ4n) is 3.48. The quantitative estimate of drug-likeness (QED) is 0.646. The van der Waals surface area contributed by atoms with Crippen LogP contribution in [0.5, 0.6) is 17.4 Å². The lowest BCUT2D eigenvalue weighted by Gasteiger charge is -2.29. The van der Waals surface area contributed by atoms with Crippen molar-refractivity contribution in [2.24, 2.45) is 0 Å². The Bertz CT molecular complexity index is 906. The van der Waals surface area contributed by atoms with E-state index in [1.54, 1.807) is 18.3 Å². The molecule has 2 aromatic carbocycles. The molecule has 0 atom stereocenters. The first-order valence-corrected chi connectivity index (χ1v) is 9.98. The fraction of sp³-hybridized carbons (Fsp3) is 0.250. The standard InChI is InChI=1S/C24H24N2O3/c27-24(18-9-13-21(14-10-18)28-20-6-2-1-3-7-20)26-19-11-15-22(16-12-19)29-23-8-4-5-17-25-23/h1-10,13-14,17,19,22H,11-12,15-16H2,(H,26,27). The van der Waals surface area contributed by atoms with Crippen molar-refractivity contribution in [1.29, 1.82) is 0 Å². The first-order chi connectivity index (χ1) is 14.3. The van der Waals surface area contributed by atoms with E-state index in [-0.39, 0.29) is 18.1 Å². The van der Waals surface area contributed by atoms with Crippen molar-refractivity contribution >= 4 is 5.91 Å². The summed E-state index contributed by atoms with van der Waals surface area (Å²) in [5.74, 6) is 2.09. The molecule has 148 valence electrons. The van der Waals surface area contributed by atoms with E-state index < -0.39 is 0 Å².